The predicted molar refractivity (Wildman–Crippen MR) is 83.0 cm³/mol. The van der Waals surface area contributed by atoms with E-state index >= 15 is 0 Å². The first-order valence-corrected chi connectivity index (χ1v) is 7.63. The highest BCUT2D eigenvalue weighted by Crippen LogP contribution is 2.46. The van der Waals surface area contributed by atoms with Gasteiger partial charge < -0.3 is 5.32 Å². The lowest BCUT2D eigenvalue weighted by Gasteiger charge is -2.14. The standard InChI is InChI=1S/C14H9Cl2F6N3O/c1-2-8(26)23-12-10(14(20,21)22)11(24-25-12)9-6(15)3-5(4-7(9)16)13(17,18)19/h3-4H,2H2,1H3,(H2,23,24,25,26). The number of nitrogens with zero attached hydrogens (tertiary/aromatic N) is 1. The van der Waals surface area contributed by atoms with E-state index < -0.39 is 56.5 Å². The number of rotatable bonds is 3. The van der Waals surface area contributed by atoms with Crippen LogP contribution >= 0.6 is 23.2 Å². The first kappa shape index (κ1) is 20.4. The number of H-pyrrole nitrogens is 1. The second kappa shape index (κ2) is 6.99. The minimum Gasteiger partial charge on any atom is -0.311 e. The van der Waals surface area contributed by atoms with Crippen molar-refractivity contribution in [3.8, 4) is 11.3 Å². The maximum Gasteiger partial charge on any atom is 0.422 e. The van der Waals surface area contributed by atoms with Gasteiger partial charge in [-0.2, -0.15) is 31.4 Å². The number of carbonyl (C=O) groups is 1. The van der Waals surface area contributed by atoms with Crippen LogP contribution in [0.5, 0.6) is 0 Å². The number of aromatic amines is 1. The Morgan fingerprint density at radius 2 is 1.65 bits per heavy atom. The fourth-order valence-corrected chi connectivity index (χ4v) is 2.75. The van der Waals surface area contributed by atoms with Crippen LogP contribution in [0.15, 0.2) is 12.1 Å². The van der Waals surface area contributed by atoms with Crippen LogP contribution in [0, 0.1) is 0 Å². The van der Waals surface area contributed by atoms with Crippen LogP contribution in [0.4, 0.5) is 32.2 Å². The summed E-state index contributed by atoms with van der Waals surface area (Å²) in [7, 11) is 0. The van der Waals surface area contributed by atoms with Gasteiger partial charge in [-0.25, -0.2) is 0 Å². The molecule has 4 nitrogen and oxygen atoms in total. The van der Waals surface area contributed by atoms with Crippen LogP contribution in [0.2, 0.25) is 10.0 Å². The van der Waals surface area contributed by atoms with Gasteiger partial charge in [-0.1, -0.05) is 30.1 Å². The van der Waals surface area contributed by atoms with Crippen LogP contribution in [0.25, 0.3) is 11.3 Å². The molecular weight excluding hydrogens is 411 g/mol. The summed E-state index contributed by atoms with van der Waals surface area (Å²) >= 11 is 11.5. The molecular formula is C14H9Cl2F6N3O. The summed E-state index contributed by atoms with van der Waals surface area (Å²) in [5.41, 5.74) is -3.99. The molecule has 2 rings (SSSR count). The lowest BCUT2D eigenvalue weighted by Crippen LogP contribution is -2.15. The van der Waals surface area contributed by atoms with Crippen molar-refractivity contribution in [1.29, 1.82) is 0 Å². The zero-order valence-electron chi connectivity index (χ0n) is 12.7. The minimum absolute atomic E-state index is 0.104. The Balaban J connectivity index is 2.68. The van der Waals surface area contributed by atoms with Crippen LogP contribution in [0.1, 0.15) is 24.5 Å². The first-order chi connectivity index (χ1) is 11.9. The maximum atomic E-state index is 13.4. The highest BCUT2D eigenvalue weighted by Gasteiger charge is 2.41. The van der Waals surface area contributed by atoms with Gasteiger partial charge in [-0.3, -0.25) is 9.89 Å². The Kier molecular flexibility index (Phi) is 5.48. The number of nitrogens with one attached hydrogen (secondary N) is 2. The van der Waals surface area contributed by atoms with Gasteiger partial charge in [-0.15, -0.1) is 0 Å². The Morgan fingerprint density at radius 3 is 2.08 bits per heavy atom. The molecule has 1 aromatic carbocycles. The smallest absolute Gasteiger partial charge is 0.311 e. The number of alkyl halides is 6. The molecule has 0 spiro atoms. The Morgan fingerprint density at radius 1 is 1.12 bits per heavy atom. The molecule has 26 heavy (non-hydrogen) atoms. The topological polar surface area (TPSA) is 57.8 Å². The summed E-state index contributed by atoms with van der Waals surface area (Å²) in [5.74, 6) is -1.48. The van der Waals surface area contributed by atoms with E-state index in [4.69, 9.17) is 23.2 Å². The molecule has 1 aromatic heterocycles. The number of amides is 1. The largest absolute Gasteiger partial charge is 0.422 e. The van der Waals surface area contributed by atoms with Crippen LogP contribution < -0.4 is 5.32 Å². The highest BCUT2D eigenvalue weighted by molar-refractivity contribution is 6.39. The molecule has 0 saturated heterocycles. The second-order valence-electron chi connectivity index (χ2n) is 5.03. The summed E-state index contributed by atoms with van der Waals surface area (Å²) in [5, 5.41) is 6.09. The second-order valence-corrected chi connectivity index (χ2v) is 5.85. The maximum absolute atomic E-state index is 13.4. The van der Waals surface area contributed by atoms with Gasteiger partial charge >= 0.3 is 12.4 Å². The van der Waals surface area contributed by atoms with Crippen molar-refractivity contribution in [3.63, 3.8) is 0 Å². The number of benzene rings is 1. The highest BCUT2D eigenvalue weighted by atomic mass is 35.5. The molecule has 0 unspecified atom stereocenters. The van der Waals surface area contributed by atoms with Gasteiger partial charge in [0.05, 0.1) is 15.6 Å². The molecule has 0 bridgehead atoms. The molecule has 2 N–H and O–H groups in total. The van der Waals surface area contributed by atoms with E-state index in [1.807, 2.05) is 10.4 Å². The summed E-state index contributed by atoms with van der Waals surface area (Å²) in [6, 6.07) is 0.893. The van der Waals surface area contributed by atoms with Crippen molar-refractivity contribution < 1.29 is 31.1 Å². The van der Waals surface area contributed by atoms with Crippen LogP contribution in [-0.4, -0.2) is 16.1 Å². The van der Waals surface area contributed by atoms with E-state index in [1.54, 1.807) is 0 Å². The molecule has 142 valence electrons. The van der Waals surface area contributed by atoms with Gasteiger partial charge in [0.25, 0.3) is 0 Å². The minimum atomic E-state index is -4.99. The number of anilines is 1. The number of hydrogen-bond acceptors (Lipinski definition) is 2. The van der Waals surface area contributed by atoms with E-state index in [9.17, 15) is 31.1 Å². The van der Waals surface area contributed by atoms with Crippen molar-refractivity contribution in [2.75, 3.05) is 5.32 Å². The molecule has 0 fully saturated rings. The lowest BCUT2D eigenvalue weighted by atomic mass is 10.0. The average Bonchev–Trinajstić information content (AvgIpc) is 2.88. The molecule has 0 aliphatic heterocycles. The fourth-order valence-electron chi connectivity index (χ4n) is 2.08. The number of halogens is 8. The predicted octanol–water partition coefficient (Wildman–Crippen LogP) is 5.77. The Bertz CT molecular complexity index is 821. The number of hydrogen-bond donors (Lipinski definition) is 2. The monoisotopic (exact) mass is 419 g/mol. The molecule has 0 atom stereocenters. The summed E-state index contributed by atoms with van der Waals surface area (Å²) in [6.07, 6.45) is -9.88. The molecule has 0 aliphatic rings. The van der Waals surface area contributed by atoms with Crippen LogP contribution in [0.3, 0.4) is 0 Å². The number of aromatic nitrogens is 2. The molecule has 12 heteroatoms. The molecule has 0 aliphatic carbocycles. The normalized spacial score (nSPS) is 12.3. The Hall–Kier alpha value is -1.94. The quantitative estimate of drug-likeness (QED) is 0.620. The van der Waals surface area contributed by atoms with Gasteiger partial charge in [0.1, 0.15) is 17.1 Å². The van der Waals surface area contributed by atoms with E-state index in [1.165, 1.54) is 6.92 Å². The third-order valence-corrected chi connectivity index (χ3v) is 3.84. The van der Waals surface area contributed by atoms with Gasteiger partial charge in [0.2, 0.25) is 5.91 Å². The summed E-state index contributed by atoms with van der Waals surface area (Å²) < 4.78 is 78.6. The van der Waals surface area contributed by atoms with E-state index in [0.29, 0.717) is 12.1 Å². The Labute approximate surface area is 152 Å². The molecule has 0 radical (unpaired) electrons. The lowest BCUT2D eigenvalue weighted by molar-refractivity contribution is -0.138. The summed E-state index contributed by atoms with van der Waals surface area (Å²) in [6.45, 7) is 1.42. The molecule has 0 saturated carbocycles. The zero-order valence-corrected chi connectivity index (χ0v) is 14.3. The van der Waals surface area contributed by atoms with Crippen molar-refractivity contribution >= 4 is 34.9 Å². The van der Waals surface area contributed by atoms with E-state index in [2.05, 4.69) is 5.10 Å². The molecule has 2 aromatic rings. The van der Waals surface area contributed by atoms with E-state index in [0.717, 1.165) is 0 Å². The zero-order chi connectivity index (χ0) is 19.9. The fraction of sp³-hybridized carbons (Fsp3) is 0.286. The number of carbonyl (C=O) groups excluding carboxylic acids is 1. The van der Waals surface area contributed by atoms with Gasteiger partial charge in [0.15, 0.2) is 0 Å². The van der Waals surface area contributed by atoms with Crippen molar-refractivity contribution in [2.45, 2.75) is 25.7 Å². The molecule has 1 amide bonds. The molecule has 1 heterocycles. The third-order valence-electron chi connectivity index (χ3n) is 3.24. The van der Waals surface area contributed by atoms with Crippen LogP contribution in [-0.2, 0) is 17.1 Å². The van der Waals surface area contributed by atoms with Gasteiger partial charge in [-0.05, 0) is 12.1 Å². The third kappa shape index (κ3) is 4.07. The summed E-state index contributed by atoms with van der Waals surface area (Å²) in [4.78, 5) is 11.4. The first-order valence-electron chi connectivity index (χ1n) is 6.88. The van der Waals surface area contributed by atoms with Gasteiger partial charge in [0, 0.05) is 12.0 Å². The average molecular weight is 420 g/mol. The van der Waals surface area contributed by atoms with Crippen molar-refractivity contribution in [2.24, 2.45) is 0 Å². The van der Waals surface area contributed by atoms with Crippen molar-refractivity contribution in [1.82, 2.24) is 10.2 Å². The van der Waals surface area contributed by atoms with Crippen molar-refractivity contribution in [3.05, 3.63) is 33.3 Å². The SMILES string of the molecule is CCC(=O)Nc1[nH]nc(-c2c(Cl)cc(C(F)(F)F)cc2Cl)c1C(F)(F)F. The van der Waals surface area contributed by atoms with E-state index in [-0.39, 0.29) is 6.42 Å².